The molecule has 2 aromatic carbocycles. The minimum absolute atomic E-state index is 0.0661. The molecule has 3 atom stereocenters. The number of rotatable bonds is 5. The molecule has 2 aliphatic rings. The molecule has 3 heterocycles. The number of ether oxygens (including phenoxy) is 1. The van der Waals surface area contributed by atoms with Crippen molar-refractivity contribution in [3.8, 4) is 5.75 Å². The van der Waals surface area contributed by atoms with Crippen LogP contribution in [-0.4, -0.2) is 42.0 Å². The van der Waals surface area contributed by atoms with Gasteiger partial charge in [0.2, 0.25) is 5.13 Å². The van der Waals surface area contributed by atoms with Crippen molar-refractivity contribution in [2.45, 2.75) is 42.4 Å². The predicted octanol–water partition coefficient (Wildman–Crippen LogP) is 5.46. The van der Waals surface area contributed by atoms with Crippen LogP contribution < -0.4 is 9.46 Å². The van der Waals surface area contributed by atoms with E-state index in [1.165, 1.54) is 24.5 Å². The molecule has 0 radical (unpaired) electrons. The van der Waals surface area contributed by atoms with Gasteiger partial charge in [0.15, 0.2) is 11.6 Å². The first-order chi connectivity index (χ1) is 17.5. The fourth-order valence-electron chi connectivity index (χ4n) is 4.96. The number of hydrogen-bond donors (Lipinski definition) is 1. The summed E-state index contributed by atoms with van der Waals surface area (Å²) in [6, 6.07) is 6.26. The van der Waals surface area contributed by atoms with Crippen molar-refractivity contribution in [3.63, 3.8) is 0 Å². The second kappa shape index (κ2) is 9.80. The Morgan fingerprint density at radius 2 is 1.86 bits per heavy atom. The number of sulfonamides is 1. The van der Waals surface area contributed by atoms with Gasteiger partial charge in [-0.25, -0.2) is 22.2 Å². The highest BCUT2D eigenvalue weighted by Crippen LogP contribution is 2.48. The smallest absolute Gasteiger partial charge is 0.391 e. The molecule has 0 saturated carbocycles. The van der Waals surface area contributed by atoms with Gasteiger partial charge in [-0.3, -0.25) is 9.62 Å². The third kappa shape index (κ3) is 5.27. The average molecular weight is 561 g/mol. The van der Waals surface area contributed by atoms with E-state index in [2.05, 4.69) is 14.1 Å². The molecule has 1 aromatic heterocycles. The molecule has 2 aliphatic heterocycles. The van der Waals surface area contributed by atoms with E-state index in [4.69, 9.17) is 4.74 Å². The van der Waals surface area contributed by atoms with E-state index < -0.39 is 45.8 Å². The van der Waals surface area contributed by atoms with Crippen LogP contribution in [-0.2, 0) is 10.0 Å². The predicted molar refractivity (Wildman–Crippen MR) is 125 cm³/mol. The minimum atomic E-state index is -4.42. The van der Waals surface area contributed by atoms with Gasteiger partial charge >= 0.3 is 6.18 Å². The largest absolute Gasteiger partial charge is 0.493 e. The number of halogens is 5. The van der Waals surface area contributed by atoms with Crippen LogP contribution in [0.25, 0.3) is 0 Å². The maximum atomic E-state index is 14.1. The highest BCUT2D eigenvalue weighted by molar-refractivity contribution is 7.93. The Labute approximate surface area is 213 Å². The normalized spacial score (nSPS) is 22.8. The van der Waals surface area contributed by atoms with E-state index in [9.17, 15) is 30.4 Å². The molecule has 5 rings (SSSR count). The highest BCUT2D eigenvalue weighted by Gasteiger charge is 2.46. The molecule has 1 fully saturated rings. The number of likely N-dealkylation sites (tertiary alicyclic amines) is 1. The zero-order valence-electron chi connectivity index (χ0n) is 19.1. The molecule has 0 bridgehead atoms. The molecule has 0 spiro atoms. The van der Waals surface area contributed by atoms with Gasteiger partial charge in [-0.1, -0.05) is 12.1 Å². The van der Waals surface area contributed by atoms with Crippen molar-refractivity contribution in [1.29, 1.82) is 0 Å². The van der Waals surface area contributed by atoms with Crippen LogP contribution in [0.4, 0.5) is 27.1 Å². The van der Waals surface area contributed by atoms with E-state index >= 15 is 0 Å². The number of nitrogens with one attached hydrogen (secondary N) is 1. The fraction of sp³-hybridized carbons (Fsp3) is 0.391. The van der Waals surface area contributed by atoms with Gasteiger partial charge in [-0.15, -0.1) is 0 Å². The van der Waals surface area contributed by atoms with Gasteiger partial charge in [-0.05, 0) is 43.1 Å². The zero-order chi connectivity index (χ0) is 26.4. The van der Waals surface area contributed by atoms with E-state index in [1.54, 1.807) is 6.07 Å². The van der Waals surface area contributed by atoms with Crippen molar-refractivity contribution in [2.75, 3.05) is 17.9 Å². The lowest BCUT2D eigenvalue weighted by Gasteiger charge is -2.46. The topological polar surface area (TPSA) is 84.4 Å². The molecule has 0 amide bonds. The minimum Gasteiger partial charge on any atom is -0.493 e. The molecule has 3 aromatic rings. The number of anilines is 1. The molecule has 1 saturated heterocycles. The van der Waals surface area contributed by atoms with Crippen LogP contribution in [0.5, 0.6) is 5.75 Å². The molecule has 14 heteroatoms. The number of nitrogens with zero attached hydrogens (tertiary/aromatic N) is 3. The lowest BCUT2D eigenvalue weighted by Crippen LogP contribution is -2.44. The highest BCUT2D eigenvalue weighted by atomic mass is 32.2. The number of alkyl halides is 3. The SMILES string of the molecule is O=S(=O)(Nc1ncns1)c1ccc2c(c1)OCC[C@@H]2N1CC[C@@H](C(F)(F)F)C[C@@H]1c1ccc(F)c(F)c1. The van der Waals surface area contributed by atoms with E-state index in [-0.39, 0.29) is 41.6 Å². The quantitative estimate of drug-likeness (QED) is 0.418. The Kier molecular flexibility index (Phi) is 6.83. The summed E-state index contributed by atoms with van der Waals surface area (Å²) < 4.78 is 106. The molecular weight excluding hydrogens is 539 g/mol. The maximum Gasteiger partial charge on any atom is 0.391 e. The standard InChI is InChI=1S/C23H21F5N4O3S2/c24-17-4-1-13(9-18(17)25)20-10-14(23(26,27)28)5-7-32(20)19-6-8-35-21-11-15(2-3-16(19)21)37(33,34)31-22-29-12-30-36-22/h1-4,9,11-12,14,19-20H,5-8,10H2,(H,29,30,31)/t14-,19+,20-/m1/s1. The van der Waals surface area contributed by atoms with Gasteiger partial charge in [0.1, 0.15) is 12.1 Å². The van der Waals surface area contributed by atoms with Crippen molar-refractivity contribution < 1.29 is 35.1 Å². The molecular formula is C23H21F5N4O3S2. The van der Waals surface area contributed by atoms with E-state index in [1.807, 2.05) is 4.90 Å². The average Bonchev–Trinajstić information content (AvgIpc) is 3.36. The first-order valence-electron chi connectivity index (χ1n) is 11.4. The second-order valence-electron chi connectivity index (χ2n) is 8.89. The van der Waals surface area contributed by atoms with Crippen molar-refractivity contribution in [2.24, 2.45) is 5.92 Å². The number of aromatic nitrogens is 2. The Bertz CT molecular complexity index is 1390. The summed E-state index contributed by atoms with van der Waals surface area (Å²) in [5, 5.41) is 0.0958. The van der Waals surface area contributed by atoms with Crippen molar-refractivity contribution >= 4 is 26.7 Å². The molecule has 0 aliphatic carbocycles. The Balaban J connectivity index is 1.48. The number of hydrogen-bond acceptors (Lipinski definition) is 7. The van der Waals surface area contributed by atoms with Gasteiger partial charge in [0, 0.05) is 41.7 Å². The van der Waals surface area contributed by atoms with Crippen molar-refractivity contribution in [3.05, 3.63) is 65.5 Å². The van der Waals surface area contributed by atoms with Gasteiger partial charge in [0.05, 0.1) is 17.4 Å². The monoisotopic (exact) mass is 560 g/mol. The summed E-state index contributed by atoms with van der Waals surface area (Å²) in [6.07, 6.45) is -3.22. The van der Waals surface area contributed by atoms with Gasteiger partial charge < -0.3 is 4.74 Å². The Morgan fingerprint density at radius 3 is 2.57 bits per heavy atom. The summed E-state index contributed by atoms with van der Waals surface area (Å²) in [5.74, 6) is -3.50. The van der Waals surface area contributed by atoms with E-state index in [0.717, 1.165) is 23.7 Å². The number of piperidine rings is 1. The lowest BCUT2D eigenvalue weighted by atomic mass is 9.84. The number of fused-ring (bicyclic) bond motifs is 1. The van der Waals surface area contributed by atoms with Crippen LogP contribution in [0, 0.1) is 17.6 Å². The summed E-state index contributed by atoms with van der Waals surface area (Å²) >= 11 is 0.875. The Morgan fingerprint density at radius 1 is 1.05 bits per heavy atom. The zero-order valence-corrected chi connectivity index (χ0v) is 20.7. The van der Waals surface area contributed by atoms with Gasteiger partial charge in [-0.2, -0.15) is 17.5 Å². The molecule has 37 heavy (non-hydrogen) atoms. The summed E-state index contributed by atoms with van der Waals surface area (Å²) in [5.41, 5.74) is 0.862. The second-order valence-corrected chi connectivity index (χ2v) is 11.4. The molecule has 198 valence electrons. The van der Waals surface area contributed by atoms with Crippen LogP contribution in [0.3, 0.4) is 0 Å². The molecule has 7 nitrogen and oxygen atoms in total. The van der Waals surface area contributed by atoms with Crippen LogP contribution in [0.2, 0.25) is 0 Å². The van der Waals surface area contributed by atoms with E-state index in [0.29, 0.717) is 17.7 Å². The first kappa shape index (κ1) is 25.8. The van der Waals surface area contributed by atoms with Crippen LogP contribution >= 0.6 is 11.5 Å². The summed E-state index contributed by atoms with van der Waals surface area (Å²) in [4.78, 5) is 5.59. The third-order valence-corrected chi connectivity index (χ3v) is 8.77. The number of benzene rings is 2. The Hall–Kier alpha value is -2.84. The third-order valence-electron chi connectivity index (χ3n) is 6.72. The summed E-state index contributed by atoms with van der Waals surface area (Å²) in [6.45, 7) is 0.269. The first-order valence-corrected chi connectivity index (χ1v) is 13.6. The van der Waals surface area contributed by atoms with Crippen molar-refractivity contribution in [1.82, 2.24) is 14.3 Å². The van der Waals surface area contributed by atoms with Crippen LogP contribution in [0.15, 0.2) is 47.6 Å². The molecule has 0 unspecified atom stereocenters. The maximum absolute atomic E-state index is 14.1. The van der Waals surface area contributed by atoms with Gasteiger partial charge in [0.25, 0.3) is 10.0 Å². The molecule has 1 N–H and O–H groups in total. The lowest BCUT2D eigenvalue weighted by molar-refractivity contribution is -0.192. The van der Waals surface area contributed by atoms with Crippen LogP contribution in [0.1, 0.15) is 42.5 Å². The fourth-order valence-corrected chi connectivity index (χ4v) is 6.63. The summed E-state index contributed by atoms with van der Waals surface area (Å²) in [7, 11) is -3.98.